The van der Waals surface area contributed by atoms with Gasteiger partial charge in [0.25, 0.3) is 0 Å². The van der Waals surface area contributed by atoms with Crippen molar-refractivity contribution in [3.8, 4) is 0 Å². The van der Waals surface area contributed by atoms with Gasteiger partial charge >= 0.3 is 11.8 Å². The molecule has 2 N–H and O–H groups in total. The molecule has 2 amide bonds. The Morgan fingerprint density at radius 3 is 2.35 bits per heavy atom. The lowest BCUT2D eigenvalue weighted by Crippen LogP contribution is -2.29. The normalized spacial score (nSPS) is 10.6. The lowest BCUT2D eigenvalue weighted by molar-refractivity contribution is -0.133. The minimum absolute atomic E-state index is 0.462. The number of carbonyl (C=O) groups is 2. The summed E-state index contributed by atoms with van der Waals surface area (Å²) in [5.74, 6) is -1.03. The van der Waals surface area contributed by atoms with Crippen LogP contribution < -0.4 is 10.6 Å². The standard InChI is InChI=1S/C17H18N6O2S/c1-11-10-14(23(3)21-11)20-16(25)15(24)19-12-4-6-13(7-5-12)26-17-18-8-9-22(17)2/h4-10H,1-3H3,(H,19,24)(H,20,25). The Hall–Kier alpha value is -3.07. The van der Waals surface area contributed by atoms with Crippen LogP contribution in [0.2, 0.25) is 0 Å². The summed E-state index contributed by atoms with van der Waals surface area (Å²) in [6, 6.07) is 8.89. The number of rotatable bonds is 4. The van der Waals surface area contributed by atoms with Gasteiger partial charge in [-0.05, 0) is 31.2 Å². The number of aromatic nitrogens is 4. The molecule has 0 aliphatic carbocycles. The molecule has 9 heteroatoms. The second-order valence-corrected chi connectivity index (χ2v) is 6.69. The van der Waals surface area contributed by atoms with Crippen LogP contribution in [-0.2, 0) is 23.7 Å². The number of hydrogen-bond acceptors (Lipinski definition) is 5. The highest BCUT2D eigenvalue weighted by Crippen LogP contribution is 2.26. The van der Waals surface area contributed by atoms with Crippen LogP contribution in [0.1, 0.15) is 5.69 Å². The highest BCUT2D eigenvalue weighted by Gasteiger charge is 2.16. The number of aryl methyl sites for hydroxylation is 3. The van der Waals surface area contributed by atoms with E-state index in [9.17, 15) is 9.59 Å². The van der Waals surface area contributed by atoms with E-state index in [1.54, 1.807) is 38.4 Å². The van der Waals surface area contributed by atoms with E-state index in [4.69, 9.17) is 0 Å². The third-order valence-corrected chi connectivity index (χ3v) is 4.63. The van der Waals surface area contributed by atoms with Crippen LogP contribution in [0.4, 0.5) is 11.5 Å². The maximum atomic E-state index is 12.0. The predicted molar refractivity (Wildman–Crippen MR) is 99.0 cm³/mol. The van der Waals surface area contributed by atoms with E-state index >= 15 is 0 Å². The molecule has 2 heterocycles. The van der Waals surface area contributed by atoms with Gasteiger partial charge in [-0.15, -0.1) is 0 Å². The van der Waals surface area contributed by atoms with Crippen molar-refractivity contribution in [2.24, 2.45) is 14.1 Å². The molecular formula is C17H18N6O2S. The summed E-state index contributed by atoms with van der Waals surface area (Å²) in [4.78, 5) is 29.3. The number of imidazole rings is 1. The topological polar surface area (TPSA) is 93.8 Å². The van der Waals surface area contributed by atoms with Gasteiger partial charge < -0.3 is 15.2 Å². The molecule has 0 aliphatic heterocycles. The Morgan fingerprint density at radius 1 is 1.08 bits per heavy atom. The highest BCUT2D eigenvalue weighted by molar-refractivity contribution is 7.99. The van der Waals surface area contributed by atoms with Crippen LogP contribution in [0.3, 0.4) is 0 Å². The minimum atomic E-state index is -0.750. The molecule has 2 aromatic heterocycles. The summed E-state index contributed by atoms with van der Waals surface area (Å²) < 4.78 is 3.43. The van der Waals surface area contributed by atoms with Crippen molar-refractivity contribution >= 4 is 35.1 Å². The number of benzene rings is 1. The van der Waals surface area contributed by atoms with Crippen molar-refractivity contribution in [2.45, 2.75) is 17.0 Å². The van der Waals surface area contributed by atoms with E-state index in [1.165, 1.54) is 16.4 Å². The third kappa shape index (κ3) is 4.12. The number of anilines is 2. The van der Waals surface area contributed by atoms with E-state index in [2.05, 4.69) is 20.7 Å². The van der Waals surface area contributed by atoms with Crippen LogP contribution in [0.25, 0.3) is 0 Å². The van der Waals surface area contributed by atoms with E-state index in [0.29, 0.717) is 11.5 Å². The molecule has 3 aromatic rings. The first-order valence-corrected chi connectivity index (χ1v) is 8.62. The van der Waals surface area contributed by atoms with E-state index in [0.717, 1.165) is 15.7 Å². The molecule has 134 valence electrons. The molecule has 0 unspecified atom stereocenters. The molecule has 0 fully saturated rings. The van der Waals surface area contributed by atoms with Crippen LogP contribution in [0.15, 0.2) is 52.8 Å². The highest BCUT2D eigenvalue weighted by atomic mass is 32.2. The number of nitrogens with one attached hydrogen (secondary N) is 2. The predicted octanol–water partition coefficient (Wildman–Crippen LogP) is 2.19. The fourth-order valence-corrected chi connectivity index (χ4v) is 3.05. The summed E-state index contributed by atoms with van der Waals surface area (Å²) in [5.41, 5.74) is 1.29. The van der Waals surface area contributed by atoms with E-state index in [-0.39, 0.29) is 0 Å². The fraction of sp³-hybridized carbons (Fsp3) is 0.176. The molecule has 8 nitrogen and oxygen atoms in total. The molecule has 1 aromatic carbocycles. The molecule has 26 heavy (non-hydrogen) atoms. The Balaban J connectivity index is 1.59. The maximum Gasteiger partial charge on any atom is 0.315 e. The lowest BCUT2D eigenvalue weighted by Gasteiger charge is -2.07. The molecular weight excluding hydrogens is 352 g/mol. The van der Waals surface area contributed by atoms with Crippen LogP contribution in [0, 0.1) is 6.92 Å². The number of hydrogen-bond donors (Lipinski definition) is 2. The largest absolute Gasteiger partial charge is 0.329 e. The van der Waals surface area contributed by atoms with Gasteiger partial charge in [0.15, 0.2) is 5.16 Å². The van der Waals surface area contributed by atoms with Crippen LogP contribution >= 0.6 is 11.8 Å². The monoisotopic (exact) mass is 370 g/mol. The van der Waals surface area contributed by atoms with Crippen molar-refractivity contribution in [3.63, 3.8) is 0 Å². The Kier molecular flexibility index (Phi) is 5.08. The SMILES string of the molecule is Cc1cc(NC(=O)C(=O)Nc2ccc(Sc3nccn3C)cc2)n(C)n1. The molecule has 0 aliphatic rings. The van der Waals surface area contributed by atoms with Crippen LogP contribution in [-0.4, -0.2) is 31.1 Å². The summed E-state index contributed by atoms with van der Waals surface area (Å²) in [5, 5.41) is 10.1. The quantitative estimate of drug-likeness (QED) is 0.687. The fourth-order valence-electron chi connectivity index (χ4n) is 2.25. The summed E-state index contributed by atoms with van der Waals surface area (Å²) in [7, 11) is 3.62. The van der Waals surface area contributed by atoms with Crippen molar-refractivity contribution in [2.75, 3.05) is 10.6 Å². The molecule has 0 spiro atoms. The first-order valence-electron chi connectivity index (χ1n) is 7.80. The van der Waals surface area contributed by atoms with E-state index in [1.807, 2.05) is 29.9 Å². The zero-order valence-corrected chi connectivity index (χ0v) is 15.4. The van der Waals surface area contributed by atoms with Crippen molar-refractivity contribution in [1.29, 1.82) is 0 Å². The number of amides is 2. The zero-order chi connectivity index (χ0) is 18.7. The number of carbonyl (C=O) groups excluding carboxylic acids is 2. The van der Waals surface area contributed by atoms with Gasteiger partial charge in [0.1, 0.15) is 5.82 Å². The number of nitrogens with zero attached hydrogens (tertiary/aromatic N) is 4. The Labute approximate surface area is 154 Å². The first kappa shape index (κ1) is 17.7. The molecule has 3 rings (SSSR count). The Bertz CT molecular complexity index is 945. The van der Waals surface area contributed by atoms with Crippen LogP contribution in [0.5, 0.6) is 0 Å². The third-order valence-electron chi connectivity index (χ3n) is 3.55. The molecule has 0 atom stereocenters. The summed E-state index contributed by atoms with van der Waals surface area (Å²) in [6.45, 7) is 1.81. The average Bonchev–Trinajstić information content (AvgIpc) is 3.14. The van der Waals surface area contributed by atoms with Gasteiger partial charge in [-0.25, -0.2) is 4.98 Å². The van der Waals surface area contributed by atoms with E-state index < -0.39 is 11.8 Å². The smallest absolute Gasteiger partial charge is 0.315 e. The summed E-state index contributed by atoms with van der Waals surface area (Å²) >= 11 is 1.51. The maximum absolute atomic E-state index is 12.0. The molecule has 0 saturated carbocycles. The second-order valence-electron chi connectivity index (χ2n) is 5.65. The second kappa shape index (κ2) is 7.44. The van der Waals surface area contributed by atoms with Gasteiger partial charge in [-0.1, -0.05) is 11.8 Å². The molecule has 0 bridgehead atoms. The van der Waals surface area contributed by atoms with Gasteiger partial charge in [0, 0.05) is 43.1 Å². The zero-order valence-electron chi connectivity index (χ0n) is 14.6. The summed E-state index contributed by atoms with van der Waals surface area (Å²) in [6.07, 6.45) is 3.61. The van der Waals surface area contributed by atoms with Gasteiger partial charge in [-0.3, -0.25) is 14.3 Å². The molecule has 0 saturated heterocycles. The van der Waals surface area contributed by atoms with Crippen molar-refractivity contribution < 1.29 is 9.59 Å². The van der Waals surface area contributed by atoms with Gasteiger partial charge in [0.2, 0.25) is 0 Å². The lowest BCUT2D eigenvalue weighted by atomic mass is 10.3. The van der Waals surface area contributed by atoms with Crippen molar-refractivity contribution in [1.82, 2.24) is 19.3 Å². The van der Waals surface area contributed by atoms with Gasteiger partial charge in [-0.2, -0.15) is 5.10 Å². The Morgan fingerprint density at radius 2 is 1.77 bits per heavy atom. The van der Waals surface area contributed by atoms with Gasteiger partial charge in [0.05, 0.1) is 5.69 Å². The average molecular weight is 370 g/mol. The minimum Gasteiger partial charge on any atom is -0.329 e. The first-order chi connectivity index (χ1) is 12.4. The van der Waals surface area contributed by atoms with Crippen molar-refractivity contribution in [3.05, 3.63) is 48.4 Å². The molecule has 0 radical (unpaired) electrons.